The van der Waals surface area contributed by atoms with Gasteiger partial charge in [0.25, 0.3) is 0 Å². The zero-order chi connectivity index (χ0) is 7.68. The predicted molar refractivity (Wildman–Crippen MR) is 46.7 cm³/mol. The average molecular weight is 164 g/mol. The van der Waals surface area contributed by atoms with Crippen LogP contribution < -0.4 is 0 Å². The van der Waals surface area contributed by atoms with Crippen LogP contribution >= 0.6 is 11.6 Å². The van der Waals surface area contributed by atoms with Gasteiger partial charge in [-0.1, -0.05) is 17.7 Å². The van der Waals surface area contributed by atoms with Crippen molar-refractivity contribution in [3.8, 4) is 0 Å². The molecule has 54 valence electrons. The summed E-state index contributed by atoms with van der Waals surface area (Å²) in [5.41, 5.74) is 5.08. The highest BCUT2D eigenvalue weighted by Gasteiger charge is 2.10. The quantitative estimate of drug-likeness (QED) is 0.487. The normalized spacial score (nSPS) is 20.3. The summed E-state index contributed by atoms with van der Waals surface area (Å²) in [5, 5.41) is 0.844. The second kappa shape index (κ2) is 2.54. The molecule has 0 aromatic heterocycles. The van der Waals surface area contributed by atoms with Crippen LogP contribution in [0.5, 0.6) is 0 Å². The Labute approximate surface area is 70.1 Å². The highest BCUT2D eigenvalue weighted by atomic mass is 35.5. The molecule has 0 amide bonds. The van der Waals surface area contributed by atoms with E-state index in [2.05, 4.69) is 10.7 Å². The molecule has 2 heteroatoms. The van der Waals surface area contributed by atoms with Crippen molar-refractivity contribution < 1.29 is 0 Å². The van der Waals surface area contributed by atoms with E-state index in [1.807, 2.05) is 18.2 Å². The van der Waals surface area contributed by atoms with E-state index in [1.165, 1.54) is 0 Å². The fourth-order valence-electron chi connectivity index (χ4n) is 1.09. The van der Waals surface area contributed by atoms with E-state index >= 15 is 0 Å². The van der Waals surface area contributed by atoms with E-state index in [9.17, 15) is 0 Å². The van der Waals surface area contributed by atoms with Crippen LogP contribution in [0.2, 0.25) is 0 Å². The average Bonchev–Trinajstić information content (AvgIpc) is 2.04. The Kier molecular flexibility index (Phi) is 1.54. The lowest BCUT2D eigenvalue weighted by molar-refractivity contribution is 1.33. The first kappa shape index (κ1) is 6.66. The van der Waals surface area contributed by atoms with Crippen molar-refractivity contribution in [1.29, 1.82) is 0 Å². The first-order valence-corrected chi connectivity index (χ1v) is 3.78. The van der Waals surface area contributed by atoms with Crippen LogP contribution in [-0.4, -0.2) is 5.71 Å². The molecule has 0 radical (unpaired) electrons. The minimum Gasteiger partial charge on any atom is -0.252 e. The summed E-state index contributed by atoms with van der Waals surface area (Å²) in [6, 6.07) is 0. The lowest BCUT2D eigenvalue weighted by atomic mass is 10.0. The lowest BCUT2D eigenvalue weighted by Gasteiger charge is -2.10. The van der Waals surface area contributed by atoms with Crippen molar-refractivity contribution >= 4 is 17.3 Å². The predicted octanol–water partition coefficient (Wildman–Crippen LogP) is 2.56. The second-order valence-corrected chi connectivity index (χ2v) is 2.91. The van der Waals surface area contributed by atoms with Gasteiger partial charge in [0, 0.05) is 17.0 Å². The van der Waals surface area contributed by atoms with Crippen LogP contribution in [0.15, 0.2) is 45.8 Å². The third-order valence-electron chi connectivity index (χ3n) is 1.65. The molecule has 0 atom stereocenters. The third-order valence-corrected chi connectivity index (χ3v) is 1.91. The molecule has 0 saturated carbocycles. The van der Waals surface area contributed by atoms with Crippen molar-refractivity contribution in [1.82, 2.24) is 0 Å². The molecule has 0 aromatic rings. The summed E-state index contributed by atoms with van der Waals surface area (Å²) >= 11 is 5.82. The van der Waals surface area contributed by atoms with Gasteiger partial charge in [0.05, 0.1) is 11.9 Å². The number of hydrogen-bond acceptors (Lipinski definition) is 1. The summed E-state index contributed by atoms with van der Waals surface area (Å²) in [6.07, 6.45) is 8.20. The summed E-state index contributed by atoms with van der Waals surface area (Å²) in [4.78, 5) is 4.16. The minimum absolute atomic E-state index is 0.752. The number of halogens is 1. The van der Waals surface area contributed by atoms with Crippen LogP contribution in [0.25, 0.3) is 0 Å². The molecule has 1 aliphatic heterocycles. The fraction of sp³-hybridized carbons (Fsp3) is 0.111. The van der Waals surface area contributed by atoms with E-state index < -0.39 is 0 Å². The number of hydrogen-bond donors (Lipinski definition) is 0. The molecule has 0 unspecified atom stereocenters. The zero-order valence-electron chi connectivity index (χ0n) is 5.84. The van der Waals surface area contributed by atoms with Crippen LogP contribution in [0.1, 0.15) is 6.42 Å². The maximum Gasteiger partial charge on any atom is 0.0690 e. The van der Waals surface area contributed by atoms with Gasteiger partial charge >= 0.3 is 0 Å². The molecule has 0 bridgehead atoms. The second-order valence-electron chi connectivity index (χ2n) is 2.43. The highest BCUT2D eigenvalue weighted by Crippen LogP contribution is 2.21. The number of allylic oxidation sites excluding steroid dienone is 5. The lowest BCUT2D eigenvalue weighted by Crippen LogP contribution is -2.05. The number of fused-ring (bicyclic) bond motifs is 1. The van der Waals surface area contributed by atoms with Crippen molar-refractivity contribution in [2.75, 3.05) is 0 Å². The van der Waals surface area contributed by atoms with E-state index in [0.29, 0.717) is 0 Å². The highest BCUT2D eigenvalue weighted by molar-refractivity contribution is 6.32. The SMILES string of the molecule is ClC1=CC=C2C=C=CN=C2C1. The Morgan fingerprint density at radius 1 is 1.45 bits per heavy atom. The Morgan fingerprint density at radius 2 is 2.36 bits per heavy atom. The molecule has 0 N–H and O–H groups in total. The first-order chi connectivity index (χ1) is 5.36. The van der Waals surface area contributed by atoms with Crippen molar-refractivity contribution in [2.45, 2.75) is 6.42 Å². The summed E-state index contributed by atoms with van der Waals surface area (Å²) < 4.78 is 0. The number of rotatable bonds is 0. The molecule has 0 aromatic carbocycles. The summed E-state index contributed by atoms with van der Waals surface area (Å²) in [5.74, 6) is 0. The molecule has 0 fully saturated rings. The molecular weight excluding hydrogens is 158 g/mol. The molecule has 2 aliphatic rings. The van der Waals surface area contributed by atoms with Crippen molar-refractivity contribution in [2.24, 2.45) is 4.99 Å². The van der Waals surface area contributed by atoms with Gasteiger partial charge in [0.15, 0.2) is 0 Å². The maximum absolute atomic E-state index is 5.82. The van der Waals surface area contributed by atoms with E-state index in [1.54, 1.807) is 6.20 Å². The van der Waals surface area contributed by atoms with Crippen LogP contribution in [0, 0.1) is 0 Å². The van der Waals surface area contributed by atoms with Gasteiger partial charge in [-0.15, -0.1) is 5.73 Å². The molecule has 1 nitrogen and oxygen atoms in total. The van der Waals surface area contributed by atoms with Gasteiger partial charge in [0.1, 0.15) is 0 Å². The third kappa shape index (κ3) is 1.21. The Hall–Kier alpha value is -1.04. The van der Waals surface area contributed by atoms with Gasteiger partial charge in [-0.25, -0.2) is 0 Å². The number of aliphatic imine (C=N–C) groups is 1. The van der Waals surface area contributed by atoms with Crippen molar-refractivity contribution in [3.63, 3.8) is 0 Å². The number of nitrogens with zero attached hydrogens (tertiary/aromatic N) is 1. The Bertz CT molecular complexity index is 339. The van der Waals surface area contributed by atoms with Crippen molar-refractivity contribution in [3.05, 3.63) is 40.8 Å². The maximum atomic E-state index is 5.82. The van der Waals surface area contributed by atoms with E-state index in [-0.39, 0.29) is 0 Å². The summed E-state index contributed by atoms with van der Waals surface area (Å²) in [7, 11) is 0. The van der Waals surface area contributed by atoms with Crippen LogP contribution in [0.4, 0.5) is 0 Å². The molecule has 1 heterocycles. The molecule has 2 rings (SSSR count). The monoisotopic (exact) mass is 163 g/mol. The molecule has 0 saturated heterocycles. The zero-order valence-corrected chi connectivity index (χ0v) is 6.60. The van der Waals surface area contributed by atoms with Gasteiger partial charge in [-0.05, 0) is 12.2 Å². The standard InChI is InChI=1S/C9H6ClN/c10-8-4-3-7-2-1-5-11-9(7)6-8/h2-5H,6H2. The molecule has 1 aliphatic carbocycles. The molecule has 11 heavy (non-hydrogen) atoms. The summed E-state index contributed by atoms with van der Waals surface area (Å²) in [6.45, 7) is 0. The first-order valence-electron chi connectivity index (χ1n) is 3.40. The van der Waals surface area contributed by atoms with Gasteiger partial charge < -0.3 is 0 Å². The van der Waals surface area contributed by atoms with Crippen LogP contribution in [0.3, 0.4) is 0 Å². The minimum atomic E-state index is 0.752. The molecule has 0 spiro atoms. The van der Waals surface area contributed by atoms with Gasteiger partial charge in [-0.3, -0.25) is 4.99 Å². The van der Waals surface area contributed by atoms with E-state index in [0.717, 1.165) is 22.7 Å². The largest absolute Gasteiger partial charge is 0.252 e. The Morgan fingerprint density at radius 3 is 3.27 bits per heavy atom. The van der Waals surface area contributed by atoms with Gasteiger partial charge in [-0.2, -0.15) is 0 Å². The van der Waals surface area contributed by atoms with Gasteiger partial charge in [0.2, 0.25) is 0 Å². The van der Waals surface area contributed by atoms with E-state index in [4.69, 9.17) is 11.6 Å². The Balaban J connectivity index is 2.47. The van der Waals surface area contributed by atoms with Crippen LogP contribution in [-0.2, 0) is 0 Å². The topological polar surface area (TPSA) is 12.4 Å². The smallest absolute Gasteiger partial charge is 0.0690 e. The molecular formula is C9H6ClN. The fourth-order valence-corrected chi connectivity index (χ4v) is 1.28.